The Morgan fingerprint density at radius 1 is 1.26 bits per heavy atom. The van der Waals surface area contributed by atoms with Gasteiger partial charge in [0.25, 0.3) is 0 Å². The number of halogens is 1. The van der Waals surface area contributed by atoms with E-state index in [9.17, 15) is 4.79 Å². The zero-order valence-corrected chi connectivity index (χ0v) is 14.1. The number of carbonyl (C=O) groups is 1. The summed E-state index contributed by atoms with van der Waals surface area (Å²) < 4.78 is 11.1. The van der Waals surface area contributed by atoms with Crippen LogP contribution in [-0.4, -0.2) is 38.4 Å². The van der Waals surface area contributed by atoms with Gasteiger partial charge in [-0.15, -0.1) is 0 Å². The summed E-state index contributed by atoms with van der Waals surface area (Å²) in [6.07, 6.45) is 4.32. The molecule has 4 nitrogen and oxygen atoms in total. The zero-order valence-electron chi connectivity index (χ0n) is 13.4. The zero-order chi connectivity index (χ0) is 16.1. The minimum atomic E-state index is -0.136. The Bertz CT molecular complexity index is 537. The number of carbonyl (C=O) groups excluding carboxylic acids is 1. The molecule has 1 unspecified atom stereocenters. The van der Waals surface area contributed by atoms with Gasteiger partial charge in [0.05, 0.1) is 12.5 Å². The summed E-state index contributed by atoms with van der Waals surface area (Å²) in [4.78, 5) is 12.2. The average molecular weight is 338 g/mol. The van der Waals surface area contributed by atoms with Crippen LogP contribution in [0.1, 0.15) is 37.7 Å². The first kappa shape index (κ1) is 16.7. The maximum atomic E-state index is 12.2. The van der Waals surface area contributed by atoms with E-state index in [0.717, 1.165) is 42.9 Å². The van der Waals surface area contributed by atoms with Crippen molar-refractivity contribution in [3.63, 3.8) is 0 Å². The molecule has 1 amide bonds. The highest BCUT2D eigenvalue weighted by Gasteiger charge is 2.36. The van der Waals surface area contributed by atoms with Crippen molar-refractivity contribution in [2.45, 2.75) is 43.6 Å². The van der Waals surface area contributed by atoms with Crippen molar-refractivity contribution in [2.24, 2.45) is 0 Å². The van der Waals surface area contributed by atoms with Crippen LogP contribution in [0.15, 0.2) is 24.3 Å². The molecule has 0 aliphatic carbocycles. The van der Waals surface area contributed by atoms with Gasteiger partial charge in [0.1, 0.15) is 0 Å². The van der Waals surface area contributed by atoms with Crippen molar-refractivity contribution < 1.29 is 14.3 Å². The fraction of sp³-hybridized carbons (Fsp3) is 0.611. The molecule has 0 saturated carbocycles. The van der Waals surface area contributed by atoms with Crippen LogP contribution in [-0.2, 0) is 19.7 Å². The topological polar surface area (TPSA) is 47.6 Å². The largest absolute Gasteiger partial charge is 0.381 e. The standard InChI is InChI=1S/C18H24ClNO3/c19-16-6-2-1-5-15(16)18(7-10-22-11-8-18)13-20-17(21)12-14-4-3-9-23-14/h1-2,5-6,14H,3-4,7-13H2,(H,20,21). The van der Waals surface area contributed by atoms with E-state index in [0.29, 0.717) is 26.2 Å². The summed E-state index contributed by atoms with van der Waals surface area (Å²) in [7, 11) is 0. The third kappa shape index (κ3) is 4.06. The highest BCUT2D eigenvalue weighted by molar-refractivity contribution is 6.31. The van der Waals surface area contributed by atoms with E-state index < -0.39 is 0 Å². The number of nitrogens with one attached hydrogen (secondary N) is 1. The normalized spacial score (nSPS) is 23.6. The van der Waals surface area contributed by atoms with Gasteiger partial charge in [-0.2, -0.15) is 0 Å². The quantitative estimate of drug-likeness (QED) is 0.898. The van der Waals surface area contributed by atoms with Crippen LogP contribution in [0.3, 0.4) is 0 Å². The third-order valence-electron chi connectivity index (χ3n) is 4.96. The van der Waals surface area contributed by atoms with Gasteiger partial charge in [-0.1, -0.05) is 29.8 Å². The van der Waals surface area contributed by atoms with Crippen LogP contribution < -0.4 is 5.32 Å². The number of hydrogen-bond donors (Lipinski definition) is 1. The summed E-state index contributed by atoms with van der Waals surface area (Å²) in [5.74, 6) is 0.0646. The molecule has 2 aliphatic rings. The van der Waals surface area contributed by atoms with Crippen LogP contribution in [0.5, 0.6) is 0 Å². The highest BCUT2D eigenvalue weighted by Crippen LogP contribution is 2.38. The van der Waals surface area contributed by atoms with E-state index in [2.05, 4.69) is 11.4 Å². The minimum absolute atomic E-state index is 0.0646. The smallest absolute Gasteiger partial charge is 0.222 e. The van der Waals surface area contributed by atoms with Crippen molar-refractivity contribution in [3.05, 3.63) is 34.9 Å². The molecule has 1 aromatic rings. The van der Waals surface area contributed by atoms with Gasteiger partial charge in [-0.3, -0.25) is 4.79 Å². The first-order valence-electron chi connectivity index (χ1n) is 8.41. The summed E-state index contributed by atoms with van der Waals surface area (Å²) in [5.41, 5.74) is 0.977. The molecular weight excluding hydrogens is 314 g/mol. The van der Waals surface area contributed by atoms with Crippen molar-refractivity contribution in [1.82, 2.24) is 5.32 Å². The van der Waals surface area contributed by atoms with E-state index in [4.69, 9.17) is 21.1 Å². The molecule has 0 bridgehead atoms. The van der Waals surface area contributed by atoms with Crippen LogP contribution in [0.25, 0.3) is 0 Å². The molecule has 1 atom stereocenters. The molecule has 5 heteroatoms. The Morgan fingerprint density at radius 3 is 2.74 bits per heavy atom. The number of rotatable bonds is 5. The predicted molar refractivity (Wildman–Crippen MR) is 89.8 cm³/mol. The van der Waals surface area contributed by atoms with Gasteiger partial charge in [0.15, 0.2) is 0 Å². The fourth-order valence-corrected chi connectivity index (χ4v) is 3.88. The fourth-order valence-electron chi connectivity index (χ4n) is 3.55. The minimum Gasteiger partial charge on any atom is -0.381 e. The van der Waals surface area contributed by atoms with E-state index >= 15 is 0 Å². The lowest BCUT2D eigenvalue weighted by molar-refractivity contribution is -0.123. The van der Waals surface area contributed by atoms with E-state index in [-0.39, 0.29) is 17.4 Å². The molecule has 1 N–H and O–H groups in total. The molecule has 23 heavy (non-hydrogen) atoms. The van der Waals surface area contributed by atoms with Gasteiger partial charge in [0, 0.05) is 36.8 Å². The molecule has 2 saturated heterocycles. The molecule has 2 aliphatic heterocycles. The summed E-state index contributed by atoms with van der Waals surface area (Å²) >= 11 is 6.43. The van der Waals surface area contributed by atoms with E-state index in [1.807, 2.05) is 18.2 Å². The third-order valence-corrected chi connectivity index (χ3v) is 5.29. The van der Waals surface area contributed by atoms with Gasteiger partial charge < -0.3 is 14.8 Å². The SMILES string of the molecule is O=C(CC1CCCO1)NCC1(c2ccccc2Cl)CCOCC1. The van der Waals surface area contributed by atoms with Gasteiger partial charge in [-0.25, -0.2) is 0 Å². The second-order valence-electron chi connectivity index (χ2n) is 6.49. The van der Waals surface area contributed by atoms with Crippen molar-refractivity contribution in [3.8, 4) is 0 Å². The predicted octanol–water partition coefficient (Wildman–Crippen LogP) is 3.07. The molecular formula is C18H24ClNO3. The summed E-state index contributed by atoms with van der Waals surface area (Å²) in [6.45, 7) is 2.78. The van der Waals surface area contributed by atoms with Crippen molar-refractivity contribution in [2.75, 3.05) is 26.4 Å². The summed E-state index contributed by atoms with van der Waals surface area (Å²) in [6, 6.07) is 7.93. The van der Waals surface area contributed by atoms with Crippen LogP contribution in [0.2, 0.25) is 5.02 Å². The van der Waals surface area contributed by atoms with Gasteiger partial charge >= 0.3 is 0 Å². The Morgan fingerprint density at radius 2 is 2.04 bits per heavy atom. The monoisotopic (exact) mass is 337 g/mol. The lowest BCUT2D eigenvalue weighted by atomic mass is 9.74. The van der Waals surface area contributed by atoms with Gasteiger partial charge in [-0.05, 0) is 37.3 Å². The molecule has 1 aromatic carbocycles. The van der Waals surface area contributed by atoms with Crippen molar-refractivity contribution >= 4 is 17.5 Å². The Hall–Kier alpha value is -1.10. The van der Waals surface area contributed by atoms with Crippen LogP contribution in [0.4, 0.5) is 0 Å². The number of ether oxygens (including phenoxy) is 2. The first-order chi connectivity index (χ1) is 11.2. The highest BCUT2D eigenvalue weighted by atomic mass is 35.5. The van der Waals surface area contributed by atoms with E-state index in [1.165, 1.54) is 0 Å². The average Bonchev–Trinajstić information content (AvgIpc) is 3.07. The molecule has 0 radical (unpaired) electrons. The number of benzene rings is 1. The second kappa shape index (κ2) is 7.65. The van der Waals surface area contributed by atoms with Crippen LogP contribution >= 0.6 is 11.6 Å². The lowest BCUT2D eigenvalue weighted by Crippen LogP contribution is -2.45. The molecule has 0 spiro atoms. The Kier molecular flexibility index (Phi) is 5.57. The molecule has 3 rings (SSSR count). The molecule has 2 fully saturated rings. The van der Waals surface area contributed by atoms with E-state index in [1.54, 1.807) is 0 Å². The summed E-state index contributed by atoms with van der Waals surface area (Å²) in [5, 5.41) is 3.88. The maximum Gasteiger partial charge on any atom is 0.222 e. The number of hydrogen-bond acceptors (Lipinski definition) is 3. The Labute approximate surface area is 142 Å². The maximum absolute atomic E-state index is 12.2. The molecule has 126 valence electrons. The van der Waals surface area contributed by atoms with Gasteiger partial charge in [0.2, 0.25) is 5.91 Å². The first-order valence-corrected chi connectivity index (χ1v) is 8.78. The van der Waals surface area contributed by atoms with Crippen LogP contribution in [0, 0.1) is 0 Å². The lowest BCUT2D eigenvalue weighted by Gasteiger charge is -2.38. The molecule has 0 aromatic heterocycles. The molecule has 2 heterocycles. The van der Waals surface area contributed by atoms with Crippen molar-refractivity contribution in [1.29, 1.82) is 0 Å². The number of amides is 1. The Balaban J connectivity index is 1.67. The second-order valence-corrected chi connectivity index (χ2v) is 6.90.